The average Bonchev–Trinajstić information content (AvgIpc) is 3.21. The number of carbonyl (C=O) groups is 1. The fourth-order valence-electron chi connectivity index (χ4n) is 3.17. The molecule has 0 spiro atoms. The summed E-state index contributed by atoms with van der Waals surface area (Å²) in [6.07, 6.45) is 9.66. The summed E-state index contributed by atoms with van der Waals surface area (Å²) in [5.74, 6) is 0.861. The Labute approximate surface area is 151 Å². The van der Waals surface area contributed by atoms with Crippen molar-refractivity contribution in [1.29, 1.82) is 0 Å². The second-order valence-electron chi connectivity index (χ2n) is 6.21. The summed E-state index contributed by atoms with van der Waals surface area (Å²) in [6, 6.07) is 7.60. The average molecular weight is 348 g/mol. The van der Waals surface area contributed by atoms with Crippen LogP contribution in [0.3, 0.4) is 0 Å². The van der Waals surface area contributed by atoms with Crippen molar-refractivity contribution >= 4 is 11.7 Å². The maximum atomic E-state index is 12.6. The Morgan fingerprint density at radius 3 is 2.88 bits per heavy atom. The Balaban J connectivity index is 1.44. The highest BCUT2D eigenvalue weighted by Crippen LogP contribution is 2.23. The highest BCUT2D eigenvalue weighted by Gasteiger charge is 2.25. The van der Waals surface area contributed by atoms with E-state index < -0.39 is 0 Å². The molecule has 0 fully saturated rings. The molecule has 0 atom stereocenters. The van der Waals surface area contributed by atoms with Gasteiger partial charge in [0.25, 0.3) is 5.91 Å². The van der Waals surface area contributed by atoms with Crippen LogP contribution in [0, 0.1) is 0 Å². The van der Waals surface area contributed by atoms with Crippen molar-refractivity contribution in [3.8, 4) is 0 Å². The zero-order chi connectivity index (χ0) is 17.8. The number of hydrogen-bond donors (Lipinski definition) is 1. The molecule has 4 rings (SSSR count). The van der Waals surface area contributed by atoms with Crippen molar-refractivity contribution in [2.24, 2.45) is 0 Å². The number of hydrogen-bond acceptors (Lipinski definition) is 5. The van der Waals surface area contributed by atoms with E-state index in [1.54, 1.807) is 30.9 Å². The third-order valence-electron chi connectivity index (χ3n) is 4.53. The summed E-state index contributed by atoms with van der Waals surface area (Å²) in [7, 11) is 0. The van der Waals surface area contributed by atoms with E-state index in [1.165, 1.54) is 0 Å². The molecular weight excluding hydrogens is 328 g/mol. The van der Waals surface area contributed by atoms with E-state index >= 15 is 0 Å². The van der Waals surface area contributed by atoms with E-state index in [0.29, 0.717) is 18.7 Å². The summed E-state index contributed by atoms with van der Waals surface area (Å²) >= 11 is 0. The van der Waals surface area contributed by atoms with E-state index in [0.717, 1.165) is 36.6 Å². The van der Waals surface area contributed by atoms with E-state index in [4.69, 9.17) is 0 Å². The van der Waals surface area contributed by atoms with Crippen molar-refractivity contribution in [2.45, 2.75) is 19.5 Å². The maximum Gasteiger partial charge on any atom is 0.255 e. The summed E-state index contributed by atoms with van der Waals surface area (Å²) in [6.45, 7) is 2.81. The van der Waals surface area contributed by atoms with E-state index in [9.17, 15) is 4.79 Å². The molecule has 3 aromatic heterocycles. The maximum absolute atomic E-state index is 12.6. The smallest absolute Gasteiger partial charge is 0.255 e. The minimum Gasteiger partial charge on any atom is -0.368 e. The molecule has 26 heavy (non-hydrogen) atoms. The zero-order valence-corrected chi connectivity index (χ0v) is 14.4. The largest absolute Gasteiger partial charge is 0.368 e. The zero-order valence-electron chi connectivity index (χ0n) is 14.4. The SMILES string of the molecule is O=C(c1cccnc1)N1CCc2c(ncnc2NCCn2cccc2)C1. The quantitative estimate of drug-likeness (QED) is 0.763. The van der Waals surface area contributed by atoms with Crippen LogP contribution in [0.25, 0.3) is 0 Å². The van der Waals surface area contributed by atoms with Crippen molar-refractivity contribution < 1.29 is 4.79 Å². The third kappa shape index (κ3) is 3.42. The molecule has 0 bridgehead atoms. The second-order valence-corrected chi connectivity index (χ2v) is 6.21. The molecule has 132 valence electrons. The molecule has 0 aromatic carbocycles. The third-order valence-corrected chi connectivity index (χ3v) is 4.53. The molecule has 0 saturated heterocycles. The first-order valence-electron chi connectivity index (χ1n) is 8.68. The van der Waals surface area contributed by atoms with Crippen molar-refractivity contribution in [3.63, 3.8) is 0 Å². The molecule has 7 heteroatoms. The topological polar surface area (TPSA) is 75.9 Å². The van der Waals surface area contributed by atoms with Crippen LogP contribution >= 0.6 is 0 Å². The van der Waals surface area contributed by atoms with Gasteiger partial charge in [0, 0.05) is 50.0 Å². The highest BCUT2D eigenvalue weighted by atomic mass is 16.2. The minimum absolute atomic E-state index is 0.00974. The fourth-order valence-corrected chi connectivity index (χ4v) is 3.17. The lowest BCUT2D eigenvalue weighted by molar-refractivity contribution is 0.0731. The molecule has 3 aromatic rings. The molecule has 1 N–H and O–H groups in total. The van der Waals surface area contributed by atoms with Gasteiger partial charge in [-0.05, 0) is 30.7 Å². The van der Waals surface area contributed by atoms with Crippen molar-refractivity contribution in [3.05, 3.63) is 72.2 Å². The molecule has 0 saturated carbocycles. The second kappa shape index (κ2) is 7.35. The van der Waals surface area contributed by atoms with E-state index in [-0.39, 0.29) is 5.91 Å². The lowest BCUT2D eigenvalue weighted by atomic mass is 10.0. The normalized spacial score (nSPS) is 13.3. The first kappa shape index (κ1) is 16.3. The predicted octanol–water partition coefficient (Wildman–Crippen LogP) is 1.98. The van der Waals surface area contributed by atoms with Gasteiger partial charge in [-0.25, -0.2) is 9.97 Å². The number of fused-ring (bicyclic) bond motifs is 1. The Kier molecular flexibility index (Phi) is 4.59. The fraction of sp³-hybridized carbons (Fsp3) is 0.263. The van der Waals surface area contributed by atoms with Crippen LogP contribution in [0.4, 0.5) is 5.82 Å². The molecule has 1 amide bonds. The number of nitrogens with one attached hydrogen (secondary N) is 1. The Morgan fingerprint density at radius 1 is 1.19 bits per heavy atom. The molecule has 1 aliphatic heterocycles. The van der Waals surface area contributed by atoms with Crippen molar-refractivity contribution in [2.75, 3.05) is 18.4 Å². The summed E-state index contributed by atoms with van der Waals surface area (Å²) in [5, 5.41) is 3.40. The Hall–Kier alpha value is -3.22. The monoisotopic (exact) mass is 348 g/mol. The molecular formula is C19H20N6O. The van der Waals surface area contributed by atoms with Crippen LogP contribution in [0.2, 0.25) is 0 Å². The number of amides is 1. The first-order chi connectivity index (χ1) is 12.8. The van der Waals surface area contributed by atoms with E-state index in [1.807, 2.05) is 29.4 Å². The van der Waals surface area contributed by atoms with Crippen LogP contribution in [0.15, 0.2) is 55.4 Å². The number of rotatable bonds is 5. The highest BCUT2D eigenvalue weighted by molar-refractivity contribution is 5.94. The molecule has 0 aliphatic carbocycles. The van der Waals surface area contributed by atoms with Crippen LogP contribution in [0.1, 0.15) is 21.6 Å². The van der Waals surface area contributed by atoms with Gasteiger partial charge in [-0.15, -0.1) is 0 Å². The Bertz CT molecular complexity index is 878. The molecule has 7 nitrogen and oxygen atoms in total. The molecule has 0 unspecified atom stereocenters. The number of pyridine rings is 1. The van der Waals surface area contributed by atoms with Crippen LogP contribution in [-0.2, 0) is 19.5 Å². The van der Waals surface area contributed by atoms with Gasteiger partial charge in [0.2, 0.25) is 0 Å². The molecule has 0 radical (unpaired) electrons. The summed E-state index contributed by atoms with van der Waals surface area (Å²) in [4.78, 5) is 27.3. The van der Waals surface area contributed by atoms with Gasteiger partial charge < -0.3 is 14.8 Å². The lowest BCUT2D eigenvalue weighted by Crippen LogP contribution is -2.37. The van der Waals surface area contributed by atoms with Crippen LogP contribution < -0.4 is 5.32 Å². The number of nitrogens with zero attached hydrogens (tertiary/aromatic N) is 5. The van der Waals surface area contributed by atoms with Gasteiger partial charge in [0.15, 0.2) is 0 Å². The number of aromatic nitrogens is 4. The van der Waals surface area contributed by atoms with Gasteiger partial charge >= 0.3 is 0 Å². The van der Waals surface area contributed by atoms with Crippen LogP contribution in [-0.4, -0.2) is 43.4 Å². The molecule has 1 aliphatic rings. The van der Waals surface area contributed by atoms with Crippen LogP contribution in [0.5, 0.6) is 0 Å². The number of anilines is 1. The van der Waals surface area contributed by atoms with E-state index in [2.05, 4.69) is 24.8 Å². The van der Waals surface area contributed by atoms with Gasteiger partial charge in [0.1, 0.15) is 12.1 Å². The number of carbonyl (C=O) groups excluding carboxylic acids is 1. The van der Waals surface area contributed by atoms with Gasteiger partial charge in [-0.3, -0.25) is 9.78 Å². The molecule has 4 heterocycles. The summed E-state index contributed by atoms with van der Waals surface area (Å²) < 4.78 is 2.12. The van der Waals surface area contributed by atoms with Gasteiger partial charge in [-0.2, -0.15) is 0 Å². The van der Waals surface area contributed by atoms with Gasteiger partial charge in [-0.1, -0.05) is 0 Å². The summed E-state index contributed by atoms with van der Waals surface area (Å²) in [5.41, 5.74) is 2.62. The minimum atomic E-state index is -0.00974. The standard InChI is InChI=1S/C19H20N6O/c26-19(15-4-3-6-20-12-15)25-10-5-16-17(13-25)22-14-23-18(16)21-7-11-24-8-1-2-9-24/h1-4,6,8-9,12,14H,5,7,10-11,13H2,(H,21,22,23). The predicted molar refractivity (Wildman–Crippen MR) is 97.6 cm³/mol. The van der Waals surface area contributed by atoms with Gasteiger partial charge in [0.05, 0.1) is 17.8 Å². The Morgan fingerprint density at radius 2 is 2.08 bits per heavy atom. The van der Waals surface area contributed by atoms with Crippen molar-refractivity contribution in [1.82, 2.24) is 24.4 Å². The lowest BCUT2D eigenvalue weighted by Gasteiger charge is -2.29. The first-order valence-corrected chi connectivity index (χ1v) is 8.68.